The number of hydrazone groups is 1. The molecule has 0 bridgehead atoms. The summed E-state index contributed by atoms with van der Waals surface area (Å²) in [5, 5.41) is 4.70. The Morgan fingerprint density at radius 1 is 1.38 bits per heavy atom. The number of carbonyl (C=O) groups excluding carboxylic acids is 1. The molecule has 150 valence electrons. The minimum absolute atomic E-state index is 0.146. The average molecular weight is 409 g/mol. The molecular weight excluding hydrogens is 384 g/mol. The molecule has 0 fully saturated rings. The highest BCUT2D eigenvalue weighted by atomic mass is 32.1. The van der Waals surface area contributed by atoms with Crippen LogP contribution in [-0.2, 0) is 17.6 Å². The van der Waals surface area contributed by atoms with Gasteiger partial charge in [-0.1, -0.05) is 36.8 Å². The van der Waals surface area contributed by atoms with Crippen molar-refractivity contribution in [2.45, 2.75) is 46.1 Å². The molecule has 7 heteroatoms. The minimum atomic E-state index is -0.701. The second-order valence-electron chi connectivity index (χ2n) is 7.81. The van der Waals surface area contributed by atoms with Gasteiger partial charge in [0.05, 0.1) is 17.9 Å². The lowest BCUT2D eigenvalue weighted by atomic mass is 9.89. The van der Waals surface area contributed by atoms with Crippen LogP contribution in [0.4, 0.5) is 0 Å². The maximum atomic E-state index is 13.1. The van der Waals surface area contributed by atoms with Crippen molar-refractivity contribution in [2.75, 3.05) is 0 Å². The molecule has 0 spiro atoms. The van der Waals surface area contributed by atoms with Gasteiger partial charge in [-0.2, -0.15) is 5.10 Å². The number of benzene rings is 1. The van der Waals surface area contributed by atoms with Gasteiger partial charge in [0.1, 0.15) is 10.9 Å². The van der Waals surface area contributed by atoms with Crippen LogP contribution in [0.1, 0.15) is 47.9 Å². The Labute approximate surface area is 173 Å². The third-order valence-corrected chi connectivity index (χ3v) is 6.67. The molecule has 0 radical (unpaired) electrons. The van der Waals surface area contributed by atoms with E-state index < -0.39 is 6.04 Å². The van der Waals surface area contributed by atoms with E-state index in [1.165, 1.54) is 15.8 Å². The zero-order valence-corrected chi connectivity index (χ0v) is 17.6. The van der Waals surface area contributed by atoms with Crippen molar-refractivity contribution in [2.24, 2.45) is 11.0 Å². The Kier molecular flexibility index (Phi) is 5.32. The molecule has 0 saturated carbocycles. The van der Waals surface area contributed by atoms with Crippen molar-refractivity contribution >= 4 is 33.7 Å². The molecule has 29 heavy (non-hydrogen) atoms. The number of carbonyl (C=O) groups is 1. The van der Waals surface area contributed by atoms with E-state index in [1.54, 1.807) is 24.5 Å². The average Bonchev–Trinajstić information content (AvgIpc) is 3.07. The smallest absolute Gasteiger partial charge is 0.263 e. The van der Waals surface area contributed by atoms with Gasteiger partial charge < -0.3 is 0 Å². The van der Waals surface area contributed by atoms with E-state index >= 15 is 0 Å². The molecule has 1 amide bonds. The van der Waals surface area contributed by atoms with Crippen LogP contribution in [-0.4, -0.2) is 21.7 Å². The molecule has 0 saturated heterocycles. The van der Waals surface area contributed by atoms with Gasteiger partial charge in [0, 0.05) is 4.88 Å². The van der Waals surface area contributed by atoms with Gasteiger partial charge in [0.25, 0.3) is 11.5 Å². The summed E-state index contributed by atoms with van der Waals surface area (Å²) in [7, 11) is 0. The Morgan fingerprint density at radius 2 is 2.14 bits per heavy atom. The first-order valence-electron chi connectivity index (χ1n) is 9.85. The fourth-order valence-electron chi connectivity index (χ4n) is 3.66. The lowest BCUT2D eigenvalue weighted by Gasteiger charge is -2.18. The van der Waals surface area contributed by atoms with Crippen molar-refractivity contribution < 1.29 is 4.79 Å². The number of nitrogens with zero attached hydrogens (tertiary/aromatic N) is 3. The maximum Gasteiger partial charge on any atom is 0.263 e. The molecule has 3 aromatic rings. The number of nitrogens with one attached hydrogen (secondary N) is 1. The second kappa shape index (κ2) is 7.91. The summed E-state index contributed by atoms with van der Waals surface area (Å²) < 4.78 is 1.41. The molecule has 2 heterocycles. The molecule has 1 aromatic carbocycles. The lowest BCUT2D eigenvalue weighted by Crippen LogP contribution is -2.34. The third-order valence-electron chi connectivity index (χ3n) is 5.50. The largest absolute Gasteiger partial charge is 0.286 e. The van der Waals surface area contributed by atoms with E-state index in [1.807, 2.05) is 31.2 Å². The van der Waals surface area contributed by atoms with Crippen molar-refractivity contribution in [1.82, 2.24) is 15.0 Å². The highest BCUT2D eigenvalue weighted by Crippen LogP contribution is 2.35. The summed E-state index contributed by atoms with van der Waals surface area (Å²) >= 11 is 1.61. The quantitative estimate of drug-likeness (QED) is 0.529. The number of thiophene rings is 1. The number of amides is 1. The monoisotopic (exact) mass is 408 g/mol. The van der Waals surface area contributed by atoms with Crippen LogP contribution >= 0.6 is 11.3 Å². The Balaban J connectivity index is 1.55. The predicted molar refractivity (Wildman–Crippen MR) is 117 cm³/mol. The van der Waals surface area contributed by atoms with Crippen molar-refractivity contribution in [3.8, 4) is 0 Å². The van der Waals surface area contributed by atoms with Crippen LogP contribution in [0, 0.1) is 12.8 Å². The van der Waals surface area contributed by atoms with Crippen LogP contribution in [0.2, 0.25) is 0 Å². The molecule has 1 aliphatic carbocycles. The number of hydrogen-bond acceptors (Lipinski definition) is 5. The molecule has 1 aliphatic rings. The van der Waals surface area contributed by atoms with E-state index in [4.69, 9.17) is 0 Å². The molecule has 4 rings (SSSR count). The van der Waals surface area contributed by atoms with Gasteiger partial charge in [0.15, 0.2) is 0 Å². The lowest BCUT2D eigenvalue weighted by molar-refractivity contribution is -0.123. The zero-order chi connectivity index (χ0) is 20.5. The van der Waals surface area contributed by atoms with Gasteiger partial charge in [0.2, 0.25) is 0 Å². The minimum Gasteiger partial charge on any atom is -0.286 e. The second-order valence-corrected chi connectivity index (χ2v) is 8.89. The third kappa shape index (κ3) is 3.87. The molecule has 1 N–H and O–H groups in total. The summed E-state index contributed by atoms with van der Waals surface area (Å²) in [4.78, 5) is 32.2. The number of aromatic nitrogens is 2. The van der Waals surface area contributed by atoms with Crippen LogP contribution in [0.3, 0.4) is 0 Å². The molecule has 2 aromatic heterocycles. The number of rotatable bonds is 4. The van der Waals surface area contributed by atoms with E-state index in [-0.39, 0.29) is 11.5 Å². The van der Waals surface area contributed by atoms with Gasteiger partial charge in [-0.3, -0.25) is 14.2 Å². The summed E-state index contributed by atoms with van der Waals surface area (Å²) in [5.41, 5.74) is 5.56. The highest BCUT2D eigenvalue weighted by molar-refractivity contribution is 7.18. The van der Waals surface area contributed by atoms with E-state index in [0.717, 1.165) is 40.8 Å². The summed E-state index contributed by atoms with van der Waals surface area (Å²) in [6.07, 6.45) is 6.05. The molecule has 0 unspecified atom stereocenters. The molecule has 0 aliphatic heterocycles. The summed E-state index contributed by atoms with van der Waals surface area (Å²) in [6, 6.07) is 7.12. The molecular formula is C22H24N4O2S. The Morgan fingerprint density at radius 3 is 2.90 bits per heavy atom. The predicted octanol–water partition coefficient (Wildman–Crippen LogP) is 3.60. The van der Waals surface area contributed by atoms with Crippen LogP contribution in [0.5, 0.6) is 0 Å². The van der Waals surface area contributed by atoms with Crippen molar-refractivity contribution in [3.05, 3.63) is 62.5 Å². The maximum absolute atomic E-state index is 13.1. The highest BCUT2D eigenvalue weighted by Gasteiger charge is 2.25. The summed E-state index contributed by atoms with van der Waals surface area (Å²) in [6.45, 7) is 5.94. The molecule has 2 atom stereocenters. The number of hydrogen-bond donors (Lipinski definition) is 1. The van der Waals surface area contributed by atoms with E-state index in [9.17, 15) is 9.59 Å². The first kappa shape index (κ1) is 19.5. The fourth-order valence-corrected chi connectivity index (χ4v) is 5.00. The normalized spacial score (nSPS) is 17.4. The first-order chi connectivity index (χ1) is 13.9. The van der Waals surface area contributed by atoms with Crippen molar-refractivity contribution in [1.29, 1.82) is 0 Å². The Bertz CT molecular complexity index is 1140. The summed E-state index contributed by atoms with van der Waals surface area (Å²) in [5.74, 6) is 0.281. The topological polar surface area (TPSA) is 76.3 Å². The van der Waals surface area contributed by atoms with E-state index in [0.29, 0.717) is 11.3 Å². The van der Waals surface area contributed by atoms with Crippen LogP contribution in [0.25, 0.3) is 10.2 Å². The van der Waals surface area contributed by atoms with Crippen LogP contribution in [0.15, 0.2) is 40.5 Å². The fraction of sp³-hybridized carbons (Fsp3) is 0.364. The zero-order valence-electron chi connectivity index (χ0n) is 16.8. The Hall–Kier alpha value is -2.80. The molecule has 6 nitrogen and oxygen atoms in total. The number of fused-ring (bicyclic) bond motifs is 3. The standard InChI is InChI=1S/C22H24N4O2S/c1-13-4-7-16(8-5-13)11-24-25-20(27)15(3)26-12-23-21-19(22(26)28)17-9-6-14(2)10-18(17)29-21/h4-5,7-8,11-12,14-15H,6,9-10H2,1-3H3,(H,25,27)/t14-,15-/m0/s1. The van der Waals surface area contributed by atoms with Crippen LogP contribution < -0.4 is 11.0 Å². The van der Waals surface area contributed by atoms with Gasteiger partial charge >= 0.3 is 0 Å². The van der Waals surface area contributed by atoms with Gasteiger partial charge in [-0.05, 0) is 50.2 Å². The first-order valence-corrected chi connectivity index (χ1v) is 10.7. The van der Waals surface area contributed by atoms with Gasteiger partial charge in [-0.15, -0.1) is 11.3 Å². The number of aryl methyl sites for hydroxylation is 2. The van der Waals surface area contributed by atoms with E-state index in [2.05, 4.69) is 22.4 Å². The SMILES string of the molecule is Cc1ccc(C=NNC(=O)[C@H](C)n2cnc3sc4c(c3c2=O)CC[C@H](C)C4)cc1. The van der Waals surface area contributed by atoms with Crippen molar-refractivity contribution in [3.63, 3.8) is 0 Å². The van der Waals surface area contributed by atoms with Gasteiger partial charge in [-0.25, -0.2) is 10.4 Å².